The van der Waals surface area contributed by atoms with E-state index >= 15 is 0 Å². The Morgan fingerprint density at radius 1 is 0.950 bits per heavy atom. The highest BCUT2D eigenvalue weighted by molar-refractivity contribution is 5.96. The molecule has 1 fully saturated rings. The number of rotatable bonds is 1. The molecule has 0 spiro atoms. The van der Waals surface area contributed by atoms with Crippen molar-refractivity contribution in [3.05, 3.63) is 48.0 Å². The Kier molecular flexibility index (Phi) is 2.85. The monoisotopic (exact) mass is 267 g/mol. The zero-order chi connectivity index (χ0) is 13.4. The molecule has 2 aromatic rings. The molecular formula is C17H17NO2. The second-order valence-electron chi connectivity index (χ2n) is 5.16. The zero-order valence-corrected chi connectivity index (χ0v) is 11.3. The normalized spacial score (nSPS) is 18.4. The summed E-state index contributed by atoms with van der Waals surface area (Å²) in [6, 6.07) is 12.7. The number of ether oxygens (including phenoxy) is 2. The van der Waals surface area contributed by atoms with Gasteiger partial charge in [-0.2, -0.15) is 0 Å². The summed E-state index contributed by atoms with van der Waals surface area (Å²) in [5.74, 6) is 0.993. The summed E-state index contributed by atoms with van der Waals surface area (Å²) in [4.78, 5) is 2.41. The smallest absolute Gasteiger partial charge is 0.129 e. The van der Waals surface area contributed by atoms with Crippen LogP contribution < -0.4 is 4.74 Å². The topological polar surface area (TPSA) is 21.7 Å². The number of hydrogen-bond acceptors (Lipinski definition) is 3. The van der Waals surface area contributed by atoms with Crippen molar-refractivity contribution in [1.29, 1.82) is 0 Å². The van der Waals surface area contributed by atoms with Crippen LogP contribution in [0.2, 0.25) is 0 Å². The van der Waals surface area contributed by atoms with Gasteiger partial charge in [0.15, 0.2) is 0 Å². The predicted molar refractivity (Wildman–Crippen MR) is 79.8 cm³/mol. The van der Waals surface area contributed by atoms with Gasteiger partial charge in [0.1, 0.15) is 12.4 Å². The summed E-state index contributed by atoms with van der Waals surface area (Å²) in [6.07, 6.45) is 2.19. The molecule has 2 aromatic carbocycles. The molecule has 0 unspecified atom stereocenters. The molecule has 102 valence electrons. The maximum absolute atomic E-state index is 5.82. The maximum Gasteiger partial charge on any atom is 0.129 e. The van der Waals surface area contributed by atoms with E-state index < -0.39 is 0 Å². The molecule has 0 aromatic heterocycles. The Labute approximate surface area is 118 Å². The molecule has 2 aliphatic heterocycles. The number of morpholine rings is 1. The lowest BCUT2D eigenvalue weighted by Gasteiger charge is -2.34. The van der Waals surface area contributed by atoms with E-state index in [2.05, 4.69) is 47.4 Å². The van der Waals surface area contributed by atoms with Crippen molar-refractivity contribution in [3.63, 3.8) is 0 Å². The Bertz CT molecular complexity index is 672. The van der Waals surface area contributed by atoms with Crippen LogP contribution in [-0.4, -0.2) is 37.8 Å². The first-order valence-electron chi connectivity index (χ1n) is 7.11. The fourth-order valence-corrected chi connectivity index (χ4v) is 3.04. The summed E-state index contributed by atoms with van der Waals surface area (Å²) in [5.41, 5.74) is 2.53. The van der Waals surface area contributed by atoms with E-state index in [1.807, 2.05) is 0 Å². The van der Waals surface area contributed by atoms with Gasteiger partial charge in [-0.1, -0.05) is 30.3 Å². The van der Waals surface area contributed by atoms with Crippen LogP contribution in [0.5, 0.6) is 5.75 Å². The summed E-state index contributed by atoms with van der Waals surface area (Å²) in [7, 11) is 0. The lowest BCUT2D eigenvalue weighted by Crippen LogP contribution is -2.35. The van der Waals surface area contributed by atoms with Gasteiger partial charge in [-0.05, 0) is 22.9 Å². The van der Waals surface area contributed by atoms with Gasteiger partial charge in [-0.3, -0.25) is 0 Å². The summed E-state index contributed by atoms with van der Waals surface area (Å²) < 4.78 is 11.3. The van der Waals surface area contributed by atoms with Gasteiger partial charge in [0.05, 0.1) is 13.2 Å². The second kappa shape index (κ2) is 4.84. The SMILES string of the molecule is C1=C(N2CCOCC2)c2c(ccc3ccccc23)OC1. The van der Waals surface area contributed by atoms with Crippen molar-refractivity contribution in [3.8, 4) is 5.75 Å². The summed E-state index contributed by atoms with van der Waals surface area (Å²) in [5, 5.41) is 2.53. The van der Waals surface area contributed by atoms with Crippen molar-refractivity contribution in [1.82, 2.24) is 4.90 Å². The van der Waals surface area contributed by atoms with E-state index in [-0.39, 0.29) is 0 Å². The van der Waals surface area contributed by atoms with Crippen molar-refractivity contribution in [2.24, 2.45) is 0 Å². The van der Waals surface area contributed by atoms with Crippen molar-refractivity contribution >= 4 is 16.5 Å². The Hall–Kier alpha value is -2.00. The van der Waals surface area contributed by atoms with Crippen LogP contribution >= 0.6 is 0 Å². The van der Waals surface area contributed by atoms with Gasteiger partial charge in [0.25, 0.3) is 0 Å². The van der Waals surface area contributed by atoms with Crippen LogP contribution in [0.25, 0.3) is 16.5 Å². The van der Waals surface area contributed by atoms with E-state index in [4.69, 9.17) is 9.47 Å². The number of nitrogens with zero attached hydrogens (tertiary/aromatic N) is 1. The summed E-state index contributed by atoms with van der Waals surface area (Å²) >= 11 is 0. The quantitative estimate of drug-likeness (QED) is 0.793. The highest BCUT2D eigenvalue weighted by Gasteiger charge is 2.22. The molecule has 2 aliphatic rings. The van der Waals surface area contributed by atoms with Crippen molar-refractivity contribution in [2.45, 2.75) is 0 Å². The maximum atomic E-state index is 5.82. The largest absolute Gasteiger partial charge is 0.489 e. The molecule has 0 atom stereocenters. The molecule has 1 saturated heterocycles. The third kappa shape index (κ3) is 1.86. The van der Waals surface area contributed by atoms with Gasteiger partial charge in [0, 0.05) is 24.4 Å². The first-order chi connectivity index (χ1) is 9.93. The molecule has 3 heteroatoms. The lowest BCUT2D eigenvalue weighted by molar-refractivity contribution is 0.0634. The molecule has 2 heterocycles. The molecule has 4 rings (SSSR count). The second-order valence-corrected chi connectivity index (χ2v) is 5.16. The fourth-order valence-electron chi connectivity index (χ4n) is 3.04. The molecule has 0 amide bonds. The number of fused-ring (bicyclic) bond motifs is 3. The third-order valence-electron chi connectivity index (χ3n) is 4.01. The van der Waals surface area contributed by atoms with Gasteiger partial charge in [0.2, 0.25) is 0 Å². The van der Waals surface area contributed by atoms with E-state index in [1.165, 1.54) is 22.0 Å². The molecule has 0 bridgehead atoms. The number of hydrogen-bond donors (Lipinski definition) is 0. The predicted octanol–water partition coefficient (Wildman–Crippen LogP) is 2.91. The molecule has 0 saturated carbocycles. The Morgan fingerprint density at radius 3 is 2.70 bits per heavy atom. The van der Waals surface area contributed by atoms with E-state index in [0.717, 1.165) is 32.1 Å². The fraction of sp³-hybridized carbons (Fsp3) is 0.294. The zero-order valence-electron chi connectivity index (χ0n) is 11.3. The van der Waals surface area contributed by atoms with Crippen LogP contribution in [-0.2, 0) is 4.74 Å². The van der Waals surface area contributed by atoms with Crippen LogP contribution in [0, 0.1) is 0 Å². The van der Waals surface area contributed by atoms with E-state index in [0.29, 0.717) is 6.61 Å². The van der Waals surface area contributed by atoms with Gasteiger partial charge in [-0.15, -0.1) is 0 Å². The van der Waals surface area contributed by atoms with Crippen LogP contribution in [0.1, 0.15) is 5.56 Å². The van der Waals surface area contributed by atoms with Crippen LogP contribution in [0.4, 0.5) is 0 Å². The average molecular weight is 267 g/mol. The minimum atomic E-state index is 0.651. The van der Waals surface area contributed by atoms with Gasteiger partial charge < -0.3 is 14.4 Å². The first kappa shape index (κ1) is 11.8. The minimum absolute atomic E-state index is 0.651. The third-order valence-corrected chi connectivity index (χ3v) is 4.01. The van der Waals surface area contributed by atoms with E-state index in [1.54, 1.807) is 0 Å². The minimum Gasteiger partial charge on any atom is -0.489 e. The highest BCUT2D eigenvalue weighted by atomic mass is 16.5. The molecule has 0 aliphatic carbocycles. The van der Waals surface area contributed by atoms with Gasteiger partial charge >= 0.3 is 0 Å². The average Bonchev–Trinajstić information content (AvgIpc) is 2.55. The van der Waals surface area contributed by atoms with E-state index in [9.17, 15) is 0 Å². The Balaban J connectivity index is 1.88. The van der Waals surface area contributed by atoms with Crippen LogP contribution in [0.15, 0.2) is 42.5 Å². The number of benzene rings is 2. The first-order valence-corrected chi connectivity index (χ1v) is 7.11. The molecule has 0 N–H and O–H groups in total. The van der Waals surface area contributed by atoms with Gasteiger partial charge in [-0.25, -0.2) is 0 Å². The highest BCUT2D eigenvalue weighted by Crippen LogP contribution is 2.37. The Morgan fingerprint density at radius 2 is 1.80 bits per heavy atom. The molecule has 3 nitrogen and oxygen atoms in total. The molecule has 0 radical (unpaired) electrons. The standard InChI is InChI=1S/C17H17NO2/c1-2-4-14-13(3-1)5-6-16-17(14)15(7-10-20-16)18-8-11-19-12-9-18/h1-7H,8-12H2. The lowest BCUT2D eigenvalue weighted by atomic mass is 9.98. The van der Waals surface area contributed by atoms with Crippen LogP contribution in [0.3, 0.4) is 0 Å². The summed E-state index contributed by atoms with van der Waals surface area (Å²) in [6.45, 7) is 4.16. The molecular weight excluding hydrogens is 250 g/mol. The van der Waals surface area contributed by atoms with Crippen molar-refractivity contribution in [2.75, 3.05) is 32.9 Å². The van der Waals surface area contributed by atoms with Crippen molar-refractivity contribution < 1.29 is 9.47 Å². The molecule has 20 heavy (non-hydrogen) atoms.